The van der Waals surface area contributed by atoms with Crippen LogP contribution in [-0.2, 0) is 4.79 Å². The molecule has 0 heterocycles. The second-order valence-corrected chi connectivity index (χ2v) is 4.75. The van der Waals surface area contributed by atoms with Crippen LogP contribution in [0, 0.1) is 5.82 Å². The number of nitrogens with zero attached hydrogens (tertiary/aromatic N) is 1. The number of hydrogen-bond donors (Lipinski definition) is 1. The van der Waals surface area contributed by atoms with E-state index in [1.54, 1.807) is 24.8 Å². The molecule has 1 aromatic carbocycles. The highest BCUT2D eigenvalue weighted by atomic mass is 19.1. The Morgan fingerprint density at radius 2 is 1.95 bits per heavy atom. The van der Waals surface area contributed by atoms with Gasteiger partial charge in [0, 0.05) is 19.1 Å². The van der Waals surface area contributed by atoms with E-state index in [2.05, 4.69) is 0 Å². The Balaban J connectivity index is 2.80. The summed E-state index contributed by atoms with van der Waals surface area (Å²) in [6.45, 7) is 8.41. The zero-order chi connectivity index (χ0) is 15.3. The summed E-state index contributed by atoms with van der Waals surface area (Å²) in [6, 6.07) is 4.32. The molecular formula is C15H23FN2O2. The number of benzene rings is 1. The van der Waals surface area contributed by atoms with Crippen molar-refractivity contribution in [1.29, 1.82) is 0 Å². The smallest absolute Gasteiger partial charge is 0.263 e. The van der Waals surface area contributed by atoms with E-state index in [0.717, 1.165) is 0 Å². The zero-order valence-corrected chi connectivity index (χ0v) is 12.5. The number of carbonyl (C=O) groups is 1. The molecule has 0 fully saturated rings. The van der Waals surface area contributed by atoms with Crippen LogP contribution in [0.3, 0.4) is 0 Å². The highest BCUT2D eigenvalue weighted by Gasteiger charge is 2.21. The molecule has 0 aliphatic rings. The lowest BCUT2D eigenvalue weighted by Gasteiger charge is -2.23. The second-order valence-electron chi connectivity index (χ2n) is 4.75. The number of rotatable bonds is 6. The van der Waals surface area contributed by atoms with Gasteiger partial charge in [0.15, 0.2) is 17.7 Å². The first kappa shape index (κ1) is 16.4. The molecule has 4 nitrogen and oxygen atoms in total. The summed E-state index contributed by atoms with van der Waals surface area (Å²) in [5.74, 6) is -0.577. The lowest BCUT2D eigenvalue weighted by molar-refractivity contribution is -0.137. The molecule has 2 atom stereocenters. The van der Waals surface area contributed by atoms with Crippen LogP contribution >= 0.6 is 0 Å². The molecule has 20 heavy (non-hydrogen) atoms. The van der Waals surface area contributed by atoms with Crippen molar-refractivity contribution < 1.29 is 13.9 Å². The van der Waals surface area contributed by atoms with Gasteiger partial charge in [0.2, 0.25) is 0 Å². The quantitative estimate of drug-likeness (QED) is 0.872. The Morgan fingerprint density at radius 1 is 1.35 bits per heavy atom. The summed E-state index contributed by atoms with van der Waals surface area (Å²) in [7, 11) is 0. The van der Waals surface area contributed by atoms with E-state index in [0.29, 0.717) is 18.7 Å². The summed E-state index contributed by atoms with van der Waals surface area (Å²) in [6.07, 6.45) is -0.717. The Labute approximate surface area is 119 Å². The Hall–Kier alpha value is -1.62. The largest absolute Gasteiger partial charge is 0.478 e. The molecule has 1 amide bonds. The van der Waals surface area contributed by atoms with Crippen molar-refractivity contribution in [1.82, 2.24) is 4.90 Å². The summed E-state index contributed by atoms with van der Waals surface area (Å²) >= 11 is 0. The highest BCUT2D eigenvalue weighted by molar-refractivity contribution is 5.80. The average Bonchev–Trinajstić information content (AvgIpc) is 2.41. The van der Waals surface area contributed by atoms with E-state index in [4.69, 9.17) is 10.5 Å². The van der Waals surface area contributed by atoms with E-state index < -0.39 is 11.9 Å². The maximum atomic E-state index is 13.9. The highest BCUT2D eigenvalue weighted by Crippen LogP contribution is 2.22. The number of carbonyl (C=O) groups excluding carboxylic acids is 1. The molecule has 2 N–H and O–H groups in total. The monoisotopic (exact) mass is 282 g/mol. The summed E-state index contributed by atoms with van der Waals surface area (Å²) in [5.41, 5.74) is 6.38. The predicted octanol–water partition coefficient (Wildman–Crippen LogP) is 2.48. The molecule has 1 unspecified atom stereocenters. The Morgan fingerprint density at radius 3 is 2.40 bits per heavy atom. The predicted molar refractivity (Wildman–Crippen MR) is 77.0 cm³/mol. The first-order valence-electron chi connectivity index (χ1n) is 6.91. The normalized spacial score (nSPS) is 13.7. The van der Waals surface area contributed by atoms with Crippen LogP contribution in [-0.4, -0.2) is 30.0 Å². The van der Waals surface area contributed by atoms with Gasteiger partial charge in [-0.05, 0) is 45.4 Å². The minimum atomic E-state index is -0.717. The van der Waals surface area contributed by atoms with Gasteiger partial charge < -0.3 is 15.4 Å². The van der Waals surface area contributed by atoms with Gasteiger partial charge in [0.1, 0.15) is 0 Å². The molecule has 1 aromatic rings. The molecule has 0 saturated heterocycles. The third kappa shape index (κ3) is 3.93. The molecular weight excluding hydrogens is 259 g/mol. The third-order valence-electron chi connectivity index (χ3n) is 3.21. The average molecular weight is 282 g/mol. The lowest BCUT2D eigenvalue weighted by atomic mass is 10.1. The van der Waals surface area contributed by atoms with Crippen molar-refractivity contribution in [2.75, 3.05) is 13.1 Å². The van der Waals surface area contributed by atoms with Crippen LogP contribution in [0.5, 0.6) is 5.75 Å². The van der Waals surface area contributed by atoms with E-state index in [-0.39, 0.29) is 17.7 Å². The van der Waals surface area contributed by atoms with E-state index >= 15 is 0 Å². The molecule has 0 aliphatic heterocycles. The van der Waals surface area contributed by atoms with Crippen LogP contribution in [0.15, 0.2) is 18.2 Å². The Bertz CT molecular complexity index is 459. The van der Waals surface area contributed by atoms with Gasteiger partial charge >= 0.3 is 0 Å². The van der Waals surface area contributed by atoms with Crippen LogP contribution in [0.1, 0.15) is 39.3 Å². The molecule has 0 bridgehead atoms. The minimum absolute atomic E-state index is 0.0717. The van der Waals surface area contributed by atoms with Gasteiger partial charge in [-0.2, -0.15) is 0 Å². The van der Waals surface area contributed by atoms with Gasteiger partial charge in [-0.3, -0.25) is 4.79 Å². The molecule has 0 saturated carbocycles. The maximum Gasteiger partial charge on any atom is 0.263 e. The number of likely N-dealkylation sites (N-methyl/N-ethyl adjacent to an activating group) is 1. The lowest BCUT2D eigenvalue weighted by Crippen LogP contribution is -2.40. The van der Waals surface area contributed by atoms with Gasteiger partial charge in [0.05, 0.1) is 0 Å². The van der Waals surface area contributed by atoms with Gasteiger partial charge in [-0.15, -0.1) is 0 Å². The SMILES string of the molecule is CCN(CC)C(=O)C(C)Oc1ccc([C@@H](C)N)cc1F. The topological polar surface area (TPSA) is 55.6 Å². The van der Waals surface area contributed by atoms with Crippen molar-refractivity contribution in [2.24, 2.45) is 5.73 Å². The molecule has 0 aromatic heterocycles. The fourth-order valence-corrected chi connectivity index (χ4v) is 1.93. The summed E-state index contributed by atoms with van der Waals surface area (Å²) in [4.78, 5) is 13.7. The standard InChI is InChI=1S/C15H23FN2O2/c1-5-18(6-2)15(19)11(4)20-14-8-7-12(10(3)17)9-13(14)16/h7-11H,5-6,17H2,1-4H3/t10-,11?/m1/s1. The van der Waals surface area contributed by atoms with Gasteiger partial charge in [-0.25, -0.2) is 4.39 Å². The van der Waals surface area contributed by atoms with Crippen LogP contribution < -0.4 is 10.5 Å². The number of amides is 1. The third-order valence-corrected chi connectivity index (χ3v) is 3.21. The molecule has 1 rings (SSSR count). The van der Waals surface area contributed by atoms with Crippen molar-refractivity contribution in [3.8, 4) is 5.75 Å². The zero-order valence-electron chi connectivity index (χ0n) is 12.5. The van der Waals surface area contributed by atoms with Crippen molar-refractivity contribution >= 4 is 5.91 Å². The van der Waals surface area contributed by atoms with E-state index in [1.165, 1.54) is 12.1 Å². The molecule has 0 radical (unpaired) electrons. The summed E-state index contributed by atoms with van der Waals surface area (Å²) < 4.78 is 19.3. The number of hydrogen-bond acceptors (Lipinski definition) is 3. The van der Waals surface area contributed by atoms with Crippen molar-refractivity contribution in [2.45, 2.75) is 39.8 Å². The van der Waals surface area contributed by atoms with Crippen LogP contribution in [0.4, 0.5) is 4.39 Å². The Kier molecular flexibility index (Phi) is 5.95. The minimum Gasteiger partial charge on any atom is -0.478 e. The van der Waals surface area contributed by atoms with Crippen molar-refractivity contribution in [3.05, 3.63) is 29.6 Å². The second kappa shape index (κ2) is 7.24. The van der Waals surface area contributed by atoms with E-state index in [1.807, 2.05) is 13.8 Å². The molecule has 0 spiro atoms. The fraction of sp³-hybridized carbons (Fsp3) is 0.533. The van der Waals surface area contributed by atoms with Crippen molar-refractivity contribution in [3.63, 3.8) is 0 Å². The molecule has 0 aliphatic carbocycles. The summed E-state index contributed by atoms with van der Waals surface area (Å²) in [5, 5.41) is 0. The first-order valence-corrected chi connectivity index (χ1v) is 6.91. The fourth-order valence-electron chi connectivity index (χ4n) is 1.93. The first-order chi connectivity index (χ1) is 9.40. The van der Waals surface area contributed by atoms with Gasteiger partial charge in [-0.1, -0.05) is 6.07 Å². The van der Waals surface area contributed by atoms with Gasteiger partial charge in [0.25, 0.3) is 5.91 Å². The number of nitrogens with two attached hydrogens (primary N) is 1. The van der Waals surface area contributed by atoms with Crippen LogP contribution in [0.25, 0.3) is 0 Å². The molecule has 112 valence electrons. The maximum absolute atomic E-state index is 13.9. The van der Waals surface area contributed by atoms with E-state index in [9.17, 15) is 9.18 Å². The van der Waals surface area contributed by atoms with Crippen LogP contribution in [0.2, 0.25) is 0 Å². The number of halogens is 1. The molecule has 5 heteroatoms. The number of ether oxygens (including phenoxy) is 1.